The van der Waals surface area contributed by atoms with E-state index in [0.29, 0.717) is 16.4 Å². The molecule has 2 N–H and O–H groups in total. The van der Waals surface area contributed by atoms with Gasteiger partial charge in [-0.05, 0) is 62.3 Å². The molecule has 1 aliphatic carbocycles. The predicted molar refractivity (Wildman–Crippen MR) is 96.4 cm³/mol. The molecule has 0 fully saturated rings. The van der Waals surface area contributed by atoms with Gasteiger partial charge in [0.05, 0.1) is 4.88 Å². The lowest BCUT2D eigenvalue weighted by atomic mass is 9.90. The van der Waals surface area contributed by atoms with Gasteiger partial charge in [-0.2, -0.15) is 0 Å². The monoisotopic (exact) mass is 342 g/mol. The van der Waals surface area contributed by atoms with Gasteiger partial charge in [0.2, 0.25) is 0 Å². The van der Waals surface area contributed by atoms with Crippen LogP contribution in [0.25, 0.3) is 0 Å². The molecule has 2 amide bonds. The Balaban J connectivity index is 1.64. The van der Waals surface area contributed by atoms with E-state index in [1.165, 1.54) is 28.2 Å². The maximum absolute atomic E-state index is 12.3. The third-order valence-corrected chi connectivity index (χ3v) is 5.70. The first-order chi connectivity index (χ1) is 11.4. The molecule has 1 atom stereocenters. The van der Waals surface area contributed by atoms with E-state index in [0.717, 1.165) is 24.0 Å². The average molecular weight is 342 g/mol. The molecule has 4 nitrogen and oxygen atoms in total. The molecule has 24 heavy (non-hydrogen) atoms. The van der Waals surface area contributed by atoms with Crippen molar-refractivity contribution < 1.29 is 9.59 Å². The quantitative estimate of drug-likeness (QED) is 0.820. The summed E-state index contributed by atoms with van der Waals surface area (Å²) in [7, 11) is 0. The van der Waals surface area contributed by atoms with Crippen LogP contribution in [0.15, 0.2) is 24.3 Å². The first-order valence-electron chi connectivity index (χ1n) is 8.23. The summed E-state index contributed by atoms with van der Waals surface area (Å²) < 4.78 is 0. The van der Waals surface area contributed by atoms with Crippen molar-refractivity contribution >= 4 is 23.2 Å². The van der Waals surface area contributed by atoms with Crippen molar-refractivity contribution in [1.29, 1.82) is 0 Å². The van der Waals surface area contributed by atoms with Crippen LogP contribution in [-0.2, 0) is 12.8 Å². The lowest BCUT2D eigenvalue weighted by molar-refractivity contribution is 0.0848. The summed E-state index contributed by atoms with van der Waals surface area (Å²) in [6.07, 6.45) is 3.26. The van der Waals surface area contributed by atoms with Crippen molar-refractivity contribution in [2.45, 2.75) is 40.0 Å². The molecule has 1 aliphatic rings. The minimum absolute atomic E-state index is 0.250. The maximum Gasteiger partial charge on any atom is 0.279 e. The van der Waals surface area contributed by atoms with Crippen LogP contribution in [0.3, 0.4) is 0 Å². The molecule has 0 bridgehead atoms. The fourth-order valence-electron chi connectivity index (χ4n) is 3.13. The van der Waals surface area contributed by atoms with Gasteiger partial charge in [-0.3, -0.25) is 20.4 Å². The van der Waals surface area contributed by atoms with Crippen molar-refractivity contribution in [1.82, 2.24) is 10.9 Å². The normalized spacial score (nSPS) is 16.4. The molecule has 5 heteroatoms. The van der Waals surface area contributed by atoms with E-state index >= 15 is 0 Å². The summed E-state index contributed by atoms with van der Waals surface area (Å²) in [5.41, 5.74) is 8.89. The number of hydrogen-bond donors (Lipinski definition) is 2. The molecule has 0 aliphatic heterocycles. The Morgan fingerprint density at radius 3 is 2.62 bits per heavy atom. The molecule has 0 spiro atoms. The van der Waals surface area contributed by atoms with E-state index < -0.39 is 0 Å². The molecular weight excluding hydrogens is 320 g/mol. The third-order valence-electron chi connectivity index (χ3n) is 4.47. The molecule has 1 aromatic carbocycles. The number of carbonyl (C=O) groups is 2. The van der Waals surface area contributed by atoms with E-state index in [1.807, 2.05) is 32.0 Å². The van der Waals surface area contributed by atoms with Gasteiger partial charge in [0.15, 0.2) is 0 Å². The second-order valence-electron chi connectivity index (χ2n) is 6.63. The van der Waals surface area contributed by atoms with Gasteiger partial charge in [-0.1, -0.05) is 24.6 Å². The van der Waals surface area contributed by atoms with Gasteiger partial charge >= 0.3 is 0 Å². The zero-order valence-electron chi connectivity index (χ0n) is 14.2. The van der Waals surface area contributed by atoms with Crippen LogP contribution in [0.5, 0.6) is 0 Å². The van der Waals surface area contributed by atoms with Crippen molar-refractivity contribution in [3.05, 3.63) is 56.3 Å². The first-order valence-corrected chi connectivity index (χ1v) is 9.05. The minimum Gasteiger partial charge on any atom is -0.267 e. The highest BCUT2D eigenvalue weighted by atomic mass is 32.1. The number of rotatable bonds is 2. The van der Waals surface area contributed by atoms with Crippen molar-refractivity contribution in [3.63, 3.8) is 0 Å². The fourth-order valence-corrected chi connectivity index (χ4v) is 4.23. The second-order valence-corrected chi connectivity index (χ2v) is 7.77. The van der Waals surface area contributed by atoms with Gasteiger partial charge in [0.1, 0.15) is 0 Å². The second kappa shape index (κ2) is 6.77. The number of hydrazine groups is 1. The summed E-state index contributed by atoms with van der Waals surface area (Å²) in [6, 6.07) is 7.58. The SMILES string of the molecule is Cc1ccc(C(=O)NNC(=O)c2cc3c(s2)CCC(C)C3)c(C)c1. The van der Waals surface area contributed by atoms with Crippen LogP contribution in [0.2, 0.25) is 0 Å². The Kier molecular flexibility index (Phi) is 4.71. The van der Waals surface area contributed by atoms with Gasteiger partial charge in [0, 0.05) is 10.4 Å². The molecule has 0 radical (unpaired) electrons. The van der Waals surface area contributed by atoms with Crippen LogP contribution in [0.1, 0.15) is 54.9 Å². The zero-order valence-corrected chi connectivity index (χ0v) is 15.0. The van der Waals surface area contributed by atoms with Crippen LogP contribution >= 0.6 is 11.3 Å². The zero-order chi connectivity index (χ0) is 17.3. The van der Waals surface area contributed by atoms with E-state index in [9.17, 15) is 9.59 Å². The molecular formula is C19H22N2O2S. The molecule has 0 saturated carbocycles. The van der Waals surface area contributed by atoms with Crippen molar-refractivity contribution in [2.24, 2.45) is 5.92 Å². The number of amides is 2. The number of hydrogen-bond acceptors (Lipinski definition) is 3. The summed E-state index contributed by atoms with van der Waals surface area (Å²) in [6.45, 7) is 6.11. The lowest BCUT2D eigenvalue weighted by Crippen LogP contribution is -2.41. The molecule has 1 heterocycles. The number of thiophene rings is 1. The van der Waals surface area contributed by atoms with E-state index in [-0.39, 0.29) is 11.8 Å². The Bertz CT molecular complexity index is 795. The summed E-state index contributed by atoms with van der Waals surface area (Å²) in [4.78, 5) is 26.5. The van der Waals surface area contributed by atoms with Crippen LogP contribution in [-0.4, -0.2) is 11.8 Å². The maximum atomic E-state index is 12.3. The summed E-state index contributed by atoms with van der Waals surface area (Å²) in [5, 5.41) is 0. The minimum atomic E-state index is -0.296. The molecule has 1 unspecified atom stereocenters. The topological polar surface area (TPSA) is 58.2 Å². The smallest absolute Gasteiger partial charge is 0.267 e. The third kappa shape index (κ3) is 3.51. The highest BCUT2D eigenvalue weighted by Crippen LogP contribution is 2.32. The number of carbonyl (C=O) groups excluding carboxylic acids is 2. The van der Waals surface area contributed by atoms with E-state index in [4.69, 9.17) is 0 Å². The van der Waals surface area contributed by atoms with Crippen LogP contribution < -0.4 is 10.9 Å². The highest BCUT2D eigenvalue weighted by Gasteiger charge is 2.21. The Morgan fingerprint density at radius 2 is 1.88 bits per heavy atom. The number of fused-ring (bicyclic) bond motifs is 1. The largest absolute Gasteiger partial charge is 0.279 e. The lowest BCUT2D eigenvalue weighted by Gasteiger charge is -2.16. The Morgan fingerprint density at radius 1 is 1.12 bits per heavy atom. The standard InChI is InChI=1S/C19H22N2O2S/c1-11-4-6-15(13(3)8-11)18(22)20-21-19(23)17-10-14-9-12(2)5-7-16(14)24-17/h4,6,8,10,12H,5,7,9H2,1-3H3,(H,20,22)(H,21,23). The highest BCUT2D eigenvalue weighted by molar-refractivity contribution is 7.14. The molecule has 2 aromatic rings. The van der Waals surface area contributed by atoms with Gasteiger partial charge < -0.3 is 0 Å². The molecule has 126 valence electrons. The van der Waals surface area contributed by atoms with Gasteiger partial charge in [-0.25, -0.2) is 0 Å². The molecule has 0 saturated heterocycles. The number of nitrogens with one attached hydrogen (secondary N) is 2. The fraction of sp³-hybridized carbons (Fsp3) is 0.368. The molecule has 1 aromatic heterocycles. The van der Waals surface area contributed by atoms with Gasteiger partial charge in [-0.15, -0.1) is 11.3 Å². The number of benzene rings is 1. The summed E-state index contributed by atoms with van der Waals surface area (Å²) in [5.74, 6) is 0.128. The van der Waals surface area contributed by atoms with Crippen molar-refractivity contribution in [3.8, 4) is 0 Å². The van der Waals surface area contributed by atoms with Crippen molar-refractivity contribution in [2.75, 3.05) is 0 Å². The van der Waals surface area contributed by atoms with E-state index in [2.05, 4.69) is 17.8 Å². The van der Waals surface area contributed by atoms with E-state index in [1.54, 1.807) is 6.07 Å². The van der Waals surface area contributed by atoms with Crippen LogP contribution in [0, 0.1) is 19.8 Å². The van der Waals surface area contributed by atoms with Crippen LogP contribution in [0.4, 0.5) is 0 Å². The summed E-state index contributed by atoms with van der Waals surface area (Å²) >= 11 is 1.53. The van der Waals surface area contributed by atoms with Gasteiger partial charge in [0.25, 0.3) is 11.8 Å². The Hall–Kier alpha value is -2.14. The molecule has 3 rings (SSSR count). The first kappa shape index (κ1) is 16.7. The number of aryl methyl sites for hydroxylation is 3. The Labute approximate surface area is 146 Å². The average Bonchev–Trinajstić information content (AvgIpc) is 2.95. The predicted octanol–water partition coefficient (Wildman–Crippen LogP) is 3.56.